The van der Waals surface area contributed by atoms with E-state index in [-0.39, 0.29) is 11.6 Å². The maximum atomic E-state index is 11.8. The Kier molecular flexibility index (Phi) is 5.71. The lowest BCUT2D eigenvalue weighted by molar-refractivity contribution is -0.385. The molecular weight excluding hydrogens is 260 g/mol. The van der Waals surface area contributed by atoms with Gasteiger partial charge in [-0.15, -0.1) is 0 Å². The third-order valence-electron chi connectivity index (χ3n) is 2.91. The summed E-state index contributed by atoms with van der Waals surface area (Å²) >= 11 is 0. The fraction of sp³-hybridized carbons (Fsp3) is 0.357. The molecule has 0 heterocycles. The highest BCUT2D eigenvalue weighted by Crippen LogP contribution is 2.25. The molecule has 0 saturated carbocycles. The van der Waals surface area contributed by atoms with Crippen LogP contribution in [0, 0.1) is 10.1 Å². The Morgan fingerprint density at radius 1 is 1.40 bits per heavy atom. The van der Waals surface area contributed by atoms with Gasteiger partial charge in [-0.05, 0) is 32.1 Å². The molecule has 0 N–H and O–H groups in total. The lowest BCUT2D eigenvalue weighted by atomic mass is 10.1. The first-order valence-electron chi connectivity index (χ1n) is 6.32. The zero-order valence-corrected chi connectivity index (χ0v) is 11.8. The van der Waals surface area contributed by atoms with E-state index < -0.39 is 4.92 Å². The van der Waals surface area contributed by atoms with Crippen molar-refractivity contribution >= 4 is 17.7 Å². The predicted molar refractivity (Wildman–Crippen MR) is 76.6 cm³/mol. The molecule has 0 atom stereocenters. The molecule has 0 unspecified atom stereocenters. The van der Waals surface area contributed by atoms with Crippen LogP contribution in [0.25, 0.3) is 6.08 Å². The average Bonchev–Trinajstić information content (AvgIpc) is 2.46. The average molecular weight is 278 g/mol. The summed E-state index contributed by atoms with van der Waals surface area (Å²) in [5, 5.41) is 11.0. The number of rotatable bonds is 6. The molecule has 0 aromatic heterocycles. The number of nitrogens with zero attached hydrogens (tertiary/aromatic N) is 2. The zero-order valence-electron chi connectivity index (χ0n) is 11.8. The first-order chi connectivity index (χ1) is 9.53. The van der Waals surface area contributed by atoms with Gasteiger partial charge in [-0.2, -0.15) is 0 Å². The molecule has 1 aromatic rings. The molecule has 0 aliphatic rings. The van der Waals surface area contributed by atoms with Crippen molar-refractivity contribution in [3.05, 3.63) is 40.0 Å². The third-order valence-corrected chi connectivity index (χ3v) is 2.91. The maximum absolute atomic E-state index is 11.8. The van der Waals surface area contributed by atoms with E-state index in [2.05, 4.69) is 0 Å². The largest absolute Gasteiger partial charge is 0.497 e. The van der Waals surface area contributed by atoms with Crippen LogP contribution in [0.15, 0.2) is 24.3 Å². The number of methoxy groups -OCH3 is 1. The van der Waals surface area contributed by atoms with Crippen LogP contribution in [0.1, 0.15) is 19.4 Å². The highest BCUT2D eigenvalue weighted by Gasteiger charge is 2.13. The molecular formula is C14H18N2O4. The molecule has 6 heteroatoms. The number of carbonyl (C=O) groups is 1. The fourth-order valence-electron chi connectivity index (χ4n) is 1.75. The molecule has 20 heavy (non-hydrogen) atoms. The van der Waals surface area contributed by atoms with Gasteiger partial charge in [-0.25, -0.2) is 0 Å². The molecule has 1 aromatic carbocycles. The van der Waals surface area contributed by atoms with Gasteiger partial charge in [0.15, 0.2) is 0 Å². The van der Waals surface area contributed by atoms with Crippen LogP contribution in [0.3, 0.4) is 0 Å². The number of carbonyl (C=O) groups excluding carboxylic acids is 1. The Labute approximate surface area is 117 Å². The highest BCUT2D eigenvalue weighted by molar-refractivity contribution is 5.92. The van der Waals surface area contributed by atoms with Crippen LogP contribution in [0.2, 0.25) is 0 Å². The van der Waals surface area contributed by atoms with Crippen LogP contribution in [-0.4, -0.2) is 35.9 Å². The molecule has 0 bridgehead atoms. The summed E-state index contributed by atoms with van der Waals surface area (Å²) in [4.78, 5) is 24.0. The summed E-state index contributed by atoms with van der Waals surface area (Å²) in [7, 11) is 1.44. The molecule has 0 aliphatic heterocycles. The van der Waals surface area contributed by atoms with Crippen LogP contribution in [0.5, 0.6) is 5.75 Å². The Morgan fingerprint density at radius 3 is 2.55 bits per heavy atom. The van der Waals surface area contributed by atoms with Crippen molar-refractivity contribution in [3.8, 4) is 5.75 Å². The lowest BCUT2D eigenvalue weighted by Crippen LogP contribution is -2.28. The van der Waals surface area contributed by atoms with Gasteiger partial charge < -0.3 is 9.64 Å². The molecule has 1 amide bonds. The van der Waals surface area contributed by atoms with Crippen LogP contribution in [-0.2, 0) is 4.79 Å². The van der Waals surface area contributed by atoms with E-state index in [9.17, 15) is 14.9 Å². The molecule has 0 radical (unpaired) electrons. The molecule has 0 aliphatic carbocycles. The Balaban J connectivity index is 3.02. The van der Waals surface area contributed by atoms with Crippen molar-refractivity contribution < 1.29 is 14.5 Å². The van der Waals surface area contributed by atoms with E-state index in [1.165, 1.54) is 25.3 Å². The second-order valence-electron chi connectivity index (χ2n) is 4.03. The molecule has 1 rings (SSSR count). The lowest BCUT2D eigenvalue weighted by Gasteiger charge is -2.15. The predicted octanol–water partition coefficient (Wildman–Crippen LogP) is 2.49. The second kappa shape index (κ2) is 7.28. The Morgan fingerprint density at radius 2 is 2.05 bits per heavy atom. The van der Waals surface area contributed by atoms with Gasteiger partial charge in [-0.3, -0.25) is 14.9 Å². The molecule has 6 nitrogen and oxygen atoms in total. The van der Waals surface area contributed by atoms with Crippen LogP contribution in [0.4, 0.5) is 5.69 Å². The fourth-order valence-corrected chi connectivity index (χ4v) is 1.75. The minimum Gasteiger partial charge on any atom is -0.497 e. The first kappa shape index (κ1) is 15.7. The summed E-state index contributed by atoms with van der Waals surface area (Å²) in [6, 6.07) is 4.51. The van der Waals surface area contributed by atoms with Gasteiger partial charge >= 0.3 is 0 Å². The van der Waals surface area contributed by atoms with Crippen molar-refractivity contribution in [2.45, 2.75) is 13.8 Å². The second-order valence-corrected chi connectivity index (χ2v) is 4.03. The molecule has 0 saturated heterocycles. The molecule has 0 fully saturated rings. The quantitative estimate of drug-likeness (QED) is 0.455. The number of amides is 1. The highest BCUT2D eigenvalue weighted by atomic mass is 16.6. The summed E-state index contributed by atoms with van der Waals surface area (Å²) < 4.78 is 4.95. The number of nitro benzene ring substituents is 1. The number of ether oxygens (including phenoxy) is 1. The summed E-state index contributed by atoms with van der Waals surface area (Å²) in [6.45, 7) is 4.96. The topological polar surface area (TPSA) is 72.7 Å². The first-order valence-corrected chi connectivity index (χ1v) is 6.32. The van der Waals surface area contributed by atoms with Crippen LogP contribution >= 0.6 is 0 Å². The van der Waals surface area contributed by atoms with E-state index in [4.69, 9.17) is 4.74 Å². The number of hydrogen-bond acceptors (Lipinski definition) is 4. The van der Waals surface area contributed by atoms with E-state index in [1.807, 2.05) is 13.8 Å². The number of likely N-dealkylation sites (N-methyl/N-ethyl adjacent to an activating group) is 1. The minimum absolute atomic E-state index is 0.0899. The van der Waals surface area contributed by atoms with Gasteiger partial charge in [0.2, 0.25) is 5.91 Å². The standard InChI is InChI=1S/C14H18N2O4/c1-4-15(5-2)14(17)9-7-11-6-8-12(20-3)10-13(11)16(18)19/h6-10H,4-5H2,1-3H3. The number of hydrogen-bond donors (Lipinski definition) is 0. The number of benzene rings is 1. The van der Waals surface area contributed by atoms with Gasteiger partial charge in [0.05, 0.1) is 23.7 Å². The monoisotopic (exact) mass is 278 g/mol. The normalized spacial score (nSPS) is 10.6. The number of nitro groups is 1. The third kappa shape index (κ3) is 3.81. The van der Waals surface area contributed by atoms with Crippen molar-refractivity contribution in [3.63, 3.8) is 0 Å². The van der Waals surface area contributed by atoms with E-state index in [1.54, 1.807) is 17.0 Å². The van der Waals surface area contributed by atoms with Gasteiger partial charge in [0, 0.05) is 19.2 Å². The van der Waals surface area contributed by atoms with Crippen molar-refractivity contribution in [1.29, 1.82) is 0 Å². The van der Waals surface area contributed by atoms with E-state index >= 15 is 0 Å². The zero-order chi connectivity index (χ0) is 15.1. The van der Waals surface area contributed by atoms with Crippen molar-refractivity contribution in [1.82, 2.24) is 4.90 Å². The molecule has 108 valence electrons. The van der Waals surface area contributed by atoms with Gasteiger partial charge in [0.1, 0.15) is 5.75 Å². The Hall–Kier alpha value is -2.37. The van der Waals surface area contributed by atoms with E-state index in [0.29, 0.717) is 24.4 Å². The van der Waals surface area contributed by atoms with Crippen molar-refractivity contribution in [2.24, 2.45) is 0 Å². The maximum Gasteiger partial charge on any atom is 0.280 e. The van der Waals surface area contributed by atoms with Gasteiger partial charge in [-0.1, -0.05) is 0 Å². The molecule has 0 spiro atoms. The Bertz CT molecular complexity index is 522. The van der Waals surface area contributed by atoms with Crippen molar-refractivity contribution in [2.75, 3.05) is 20.2 Å². The smallest absolute Gasteiger partial charge is 0.280 e. The van der Waals surface area contributed by atoms with Crippen LogP contribution < -0.4 is 4.74 Å². The van der Waals surface area contributed by atoms with E-state index in [0.717, 1.165) is 0 Å². The van der Waals surface area contributed by atoms with Gasteiger partial charge in [0.25, 0.3) is 5.69 Å². The summed E-state index contributed by atoms with van der Waals surface area (Å²) in [5.41, 5.74) is 0.282. The SMILES string of the molecule is CCN(CC)C(=O)C=Cc1ccc(OC)cc1[N+](=O)[O-]. The summed E-state index contributed by atoms with van der Waals surface area (Å²) in [6.07, 6.45) is 2.81. The summed E-state index contributed by atoms with van der Waals surface area (Å²) in [5.74, 6) is 0.240. The minimum atomic E-state index is -0.496.